The van der Waals surface area contributed by atoms with E-state index in [-0.39, 0.29) is 6.61 Å². The number of carbonyl (C=O) groups is 2. The van der Waals surface area contributed by atoms with Crippen LogP contribution < -0.4 is 10.5 Å². The predicted octanol–water partition coefficient (Wildman–Crippen LogP) is 5.82. The summed E-state index contributed by atoms with van der Waals surface area (Å²) >= 11 is 0. The number of nitrogens with zero attached hydrogens (tertiary/aromatic N) is 1. The van der Waals surface area contributed by atoms with Gasteiger partial charge in [0.2, 0.25) is 5.91 Å². The average molecular weight is 513 g/mol. The van der Waals surface area contributed by atoms with E-state index in [1.165, 1.54) is 0 Å². The zero-order valence-corrected chi connectivity index (χ0v) is 22.4. The van der Waals surface area contributed by atoms with Crippen LogP contribution in [0.5, 0.6) is 5.75 Å². The number of benzene rings is 3. The lowest BCUT2D eigenvalue weighted by Crippen LogP contribution is -2.30. The first kappa shape index (κ1) is 25.7. The van der Waals surface area contributed by atoms with E-state index in [1.807, 2.05) is 70.2 Å². The van der Waals surface area contributed by atoms with Gasteiger partial charge >= 0.3 is 5.97 Å². The summed E-state index contributed by atoms with van der Waals surface area (Å²) in [5.74, 6) is -0.327. The fraction of sp³-hybridized carbons (Fsp3) is 0.323. The van der Waals surface area contributed by atoms with E-state index in [4.69, 9.17) is 24.9 Å². The van der Waals surface area contributed by atoms with E-state index < -0.39 is 23.6 Å². The van der Waals surface area contributed by atoms with Crippen molar-refractivity contribution in [3.63, 3.8) is 0 Å². The SMILES string of the molecule is CCOC(=O)[C@@H](OC(C)(C)C)c1c(C)c(C(N)=O)c2ccccc2c1-c1ccc2c3c(ccnc13)CCO2. The molecular formula is C31H32N2O5. The maximum atomic E-state index is 13.5. The summed E-state index contributed by atoms with van der Waals surface area (Å²) in [6, 6.07) is 13.5. The quantitative estimate of drug-likeness (QED) is 0.327. The van der Waals surface area contributed by atoms with Gasteiger partial charge in [-0.3, -0.25) is 9.78 Å². The minimum Gasteiger partial charge on any atom is -0.493 e. The third kappa shape index (κ3) is 4.37. The highest BCUT2D eigenvalue weighted by atomic mass is 16.6. The molecule has 7 heteroatoms. The Bertz CT molecular complexity index is 1580. The molecule has 0 saturated carbocycles. The third-order valence-corrected chi connectivity index (χ3v) is 6.83. The van der Waals surface area contributed by atoms with Gasteiger partial charge in [-0.05, 0) is 80.3 Å². The molecular weight excluding hydrogens is 480 g/mol. The van der Waals surface area contributed by atoms with Crippen molar-refractivity contribution in [2.45, 2.75) is 52.7 Å². The van der Waals surface area contributed by atoms with Gasteiger partial charge in [-0.2, -0.15) is 0 Å². The van der Waals surface area contributed by atoms with E-state index in [1.54, 1.807) is 13.1 Å². The van der Waals surface area contributed by atoms with Crippen molar-refractivity contribution in [1.29, 1.82) is 0 Å². The van der Waals surface area contributed by atoms with Crippen molar-refractivity contribution in [2.75, 3.05) is 13.2 Å². The van der Waals surface area contributed by atoms with Gasteiger partial charge in [0.15, 0.2) is 6.10 Å². The smallest absolute Gasteiger partial charge is 0.339 e. The molecule has 1 atom stereocenters. The minimum absolute atomic E-state index is 0.188. The van der Waals surface area contributed by atoms with E-state index in [2.05, 4.69) is 0 Å². The van der Waals surface area contributed by atoms with Crippen LogP contribution in [0.2, 0.25) is 0 Å². The largest absolute Gasteiger partial charge is 0.493 e. The molecule has 2 heterocycles. The Labute approximate surface area is 221 Å². The van der Waals surface area contributed by atoms with Crippen LogP contribution in [-0.4, -0.2) is 35.7 Å². The van der Waals surface area contributed by atoms with Crippen molar-refractivity contribution in [1.82, 2.24) is 4.98 Å². The van der Waals surface area contributed by atoms with E-state index in [9.17, 15) is 9.59 Å². The van der Waals surface area contributed by atoms with Crippen LogP contribution in [0.3, 0.4) is 0 Å². The van der Waals surface area contributed by atoms with Crippen LogP contribution >= 0.6 is 0 Å². The third-order valence-electron chi connectivity index (χ3n) is 6.83. The van der Waals surface area contributed by atoms with Crippen LogP contribution in [0.25, 0.3) is 32.8 Å². The Kier molecular flexibility index (Phi) is 6.57. The van der Waals surface area contributed by atoms with Gasteiger partial charge < -0.3 is 19.9 Å². The van der Waals surface area contributed by atoms with Crippen LogP contribution in [0, 0.1) is 6.92 Å². The van der Waals surface area contributed by atoms with Gasteiger partial charge in [0.05, 0.1) is 29.9 Å². The summed E-state index contributed by atoms with van der Waals surface area (Å²) in [7, 11) is 0. The molecule has 0 spiro atoms. The zero-order valence-electron chi connectivity index (χ0n) is 22.4. The second-order valence-electron chi connectivity index (χ2n) is 10.5. The molecule has 0 aliphatic carbocycles. The number of rotatable bonds is 6. The molecule has 196 valence electrons. The molecule has 1 amide bonds. The van der Waals surface area contributed by atoms with Crippen molar-refractivity contribution < 1.29 is 23.8 Å². The first-order chi connectivity index (χ1) is 18.1. The maximum Gasteiger partial charge on any atom is 0.339 e. The maximum absolute atomic E-state index is 13.5. The number of pyridine rings is 1. The molecule has 38 heavy (non-hydrogen) atoms. The lowest BCUT2D eigenvalue weighted by Gasteiger charge is -2.30. The normalized spacial score (nSPS) is 13.8. The molecule has 0 bridgehead atoms. The van der Waals surface area contributed by atoms with Crippen LogP contribution in [0.4, 0.5) is 0 Å². The van der Waals surface area contributed by atoms with E-state index >= 15 is 0 Å². The Morgan fingerprint density at radius 2 is 1.84 bits per heavy atom. The number of nitrogens with two attached hydrogens (primary N) is 1. The van der Waals surface area contributed by atoms with Crippen molar-refractivity contribution in [3.8, 4) is 16.9 Å². The first-order valence-electron chi connectivity index (χ1n) is 12.9. The molecule has 0 saturated heterocycles. The van der Waals surface area contributed by atoms with E-state index in [0.717, 1.165) is 45.1 Å². The number of fused-ring (bicyclic) bond motifs is 1. The van der Waals surface area contributed by atoms with Crippen molar-refractivity contribution in [3.05, 3.63) is 70.9 Å². The number of esters is 1. The number of carbonyl (C=O) groups excluding carboxylic acids is 2. The van der Waals surface area contributed by atoms with Gasteiger partial charge in [0.25, 0.3) is 0 Å². The summed E-state index contributed by atoms with van der Waals surface area (Å²) in [6.45, 7) is 10.0. The molecule has 4 aromatic rings. The molecule has 0 fully saturated rings. The van der Waals surface area contributed by atoms with Crippen molar-refractivity contribution >= 4 is 33.6 Å². The van der Waals surface area contributed by atoms with E-state index in [0.29, 0.717) is 28.7 Å². The Hall–Kier alpha value is -3.97. The highest BCUT2D eigenvalue weighted by Crippen LogP contribution is 2.46. The Balaban J connectivity index is 1.96. The molecule has 5 rings (SSSR count). The highest BCUT2D eigenvalue weighted by Gasteiger charge is 2.35. The summed E-state index contributed by atoms with van der Waals surface area (Å²) < 4.78 is 17.8. The molecule has 1 aromatic heterocycles. The van der Waals surface area contributed by atoms with Crippen molar-refractivity contribution in [2.24, 2.45) is 5.73 Å². The Morgan fingerprint density at radius 1 is 1.11 bits per heavy atom. The molecule has 1 aliphatic rings. The monoisotopic (exact) mass is 512 g/mol. The van der Waals surface area contributed by atoms with Gasteiger partial charge in [-0.25, -0.2) is 4.79 Å². The number of amides is 1. The van der Waals surface area contributed by atoms with Crippen LogP contribution in [0.15, 0.2) is 48.7 Å². The fourth-order valence-electron chi connectivity index (χ4n) is 5.42. The predicted molar refractivity (Wildman–Crippen MR) is 147 cm³/mol. The number of hydrogen-bond donors (Lipinski definition) is 1. The molecule has 1 aliphatic heterocycles. The number of hydrogen-bond acceptors (Lipinski definition) is 6. The van der Waals surface area contributed by atoms with Gasteiger partial charge in [-0.15, -0.1) is 0 Å². The lowest BCUT2D eigenvalue weighted by atomic mass is 9.82. The van der Waals surface area contributed by atoms with Gasteiger partial charge in [0, 0.05) is 29.1 Å². The zero-order chi connectivity index (χ0) is 27.2. The summed E-state index contributed by atoms with van der Waals surface area (Å²) in [5.41, 5.74) is 10.2. The minimum atomic E-state index is -1.10. The second kappa shape index (κ2) is 9.72. The number of primary amides is 1. The molecule has 0 radical (unpaired) electrons. The summed E-state index contributed by atoms with van der Waals surface area (Å²) in [5, 5.41) is 2.42. The van der Waals surface area contributed by atoms with Crippen LogP contribution in [0.1, 0.15) is 60.8 Å². The topological polar surface area (TPSA) is 101 Å². The van der Waals surface area contributed by atoms with Gasteiger partial charge in [0.1, 0.15) is 5.75 Å². The summed E-state index contributed by atoms with van der Waals surface area (Å²) in [6.07, 6.45) is 1.48. The standard InChI is InChI=1S/C31H32N2O5/c1-6-36-30(35)28(38-31(3,4)5)24-17(2)23(29(32)34)19-9-7-8-10-20(19)26(24)21-11-12-22-25-18(14-16-37-22)13-15-33-27(21)25/h7-13,15,28H,6,14,16H2,1-5H3,(H2,32,34)/t28-/m0/s1. The Morgan fingerprint density at radius 3 is 2.53 bits per heavy atom. The number of aromatic nitrogens is 1. The lowest BCUT2D eigenvalue weighted by molar-refractivity contribution is -0.166. The molecule has 7 nitrogen and oxygen atoms in total. The molecule has 0 unspecified atom stereocenters. The average Bonchev–Trinajstić information content (AvgIpc) is 2.87. The molecule has 3 aromatic carbocycles. The number of ether oxygens (including phenoxy) is 3. The van der Waals surface area contributed by atoms with Gasteiger partial charge in [-0.1, -0.05) is 24.3 Å². The first-order valence-corrected chi connectivity index (χ1v) is 12.9. The fourth-order valence-corrected chi connectivity index (χ4v) is 5.42. The molecule has 2 N–H and O–H groups in total. The summed E-state index contributed by atoms with van der Waals surface area (Å²) in [4.78, 5) is 31.1. The van der Waals surface area contributed by atoms with Crippen LogP contribution in [-0.2, 0) is 20.7 Å². The second-order valence-corrected chi connectivity index (χ2v) is 10.5. The highest BCUT2D eigenvalue weighted by molar-refractivity contribution is 6.16.